The molecule has 4 heteroatoms. The van der Waals surface area contributed by atoms with E-state index in [1.54, 1.807) is 0 Å². The van der Waals surface area contributed by atoms with E-state index < -0.39 is 0 Å². The topological polar surface area (TPSA) is 42.7 Å². The van der Waals surface area contributed by atoms with E-state index in [1.807, 2.05) is 4.68 Å². The van der Waals surface area contributed by atoms with Gasteiger partial charge in [0, 0.05) is 12.6 Å². The largest absolute Gasteiger partial charge is 0.307 e. The second kappa shape index (κ2) is 4.55. The highest BCUT2D eigenvalue weighted by Gasteiger charge is 2.58. The molecule has 1 heterocycles. The van der Waals surface area contributed by atoms with Gasteiger partial charge in [-0.05, 0) is 56.8 Å². The Morgan fingerprint density at radius 1 is 1.33 bits per heavy atom. The van der Waals surface area contributed by atoms with Crippen molar-refractivity contribution in [3.05, 3.63) is 11.9 Å². The van der Waals surface area contributed by atoms with Gasteiger partial charge in [0.2, 0.25) is 0 Å². The molecule has 2 fully saturated rings. The summed E-state index contributed by atoms with van der Waals surface area (Å²) in [5.41, 5.74) is 1.91. The molecular weight excluding hydrogens is 260 g/mol. The molecule has 3 rings (SSSR count). The van der Waals surface area contributed by atoms with Crippen molar-refractivity contribution in [2.24, 2.45) is 16.7 Å². The lowest BCUT2D eigenvalue weighted by Gasteiger charge is -2.43. The molecule has 2 bridgehead atoms. The van der Waals surface area contributed by atoms with Crippen LogP contribution in [0.4, 0.5) is 0 Å². The first-order valence-corrected chi connectivity index (χ1v) is 8.28. The van der Waals surface area contributed by atoms with Gasteiger partial charge in [-0.3, -0.25) is 0 Å². The molecule has 3 atom stereocenters. The molecule has 0 amide bonds. The Morgan fingerprint density at radius 2 is 2.05 bits per heavy atom. The molecule has 1 aromatic heterocycles. The summed E-state index contributed by atoms with van der Waals surface area (Å²) < 4.78 is 1.96. The van der Waals surface area contributed by atoms with Crippen LogP contribution in [0.1, 0.15) is 66.5 Å². The van der Waals surface area contributed by atoms with E-state index in [2.05, 4.69) is 63.4 Å². The second-order valence-corrected chi connectivity index (χ2v) is 9.05. The van der Waals surface area contributed by atoms with Crippen LogP contribution in [0.25, 0.3) is 0 Å². The smallest absolute Gasteiger partial charge is 0.0965 e. The molecule has 21 heavy (non-hydrogen) atoms. The highest BCUT2D eigenvalue weighted by molar-refractivity contribution is 5.12. The second-order valence-electron chi connectivity index (χ2n) is 9.05. The van der Waals surface area contributed by atoms with Gasteiger partial charge in [0.25, 0.3) is 0 Å². The van der Waals surface area contributed by atoms with Gasteiger partial charge >= 0.3 is 0 Å². The number of fused-ring (bicyclic) bond motifs is 2. The molecule has 2 aliphatic rings. The number of hydrogen-bond acceptors (Lipinski definition) is 3. The first kappa shape index (κ1) is 15.0. The van der Waals surface area contributed by atoms with E-state index in [-0.39, 0.29) is 5.54 Å². The molecule has 1 N–H and O–H groups in total. The third kappa shape index (κ3) is 2.41. The van der Waals surface area contributed by atoms with E-state index >= 15 is 0 Å². The quantitative estimate of drug-likeness (QED) is 0.928. The number of aromatic nitrogens is 3. The van der Waals surface area contributed by atoms with Crippen LogP contribution in [0.15, 0.2) is 6.20 Å². The molecule has 3 unspecified atom stereocenters. The van der Waals surface area contributed by atoms with Crippen molar-refractivity contribution >= 4 is 0 Å². The van der Waals surface area contributed by atoms with Crippen LogP contribution in [-0.4, -0.2) is 21.0 Å². The predicted octanol–water partition coefficient (Wildman–Crippen LogP) is 3.34. The van der Waals surface area contributed by atoms with E-state index in [0.29, 0.717) is 16.9 Å². The van der Waals surface area contributed by atoms with E-state index in [0.717, 1.165) is 18.2 Å². The molecule has 2 saturated carbocycles. The maximum Gasteiger partial charge on any atom is 0.0965 e. The Labute approximate surface area is 128 Å². The van der Waals surface area contributed by atoms with Crippen LogP contribution >= 0.6 is 0 Å². The zero-order valence-corrected chi connectivity index (χ0v) is 14.4. The number of rotatable bonds is 3. The lowest BCUT2D eigenvalue weighted by atomic mass is 9.68. The van der Waals surface area contributed by atoms with Crippen molar-refractivity contribution in [3.63, 3.8) is 0 Å². The fraction of sp³-hybridized carbons (Fsp3) is 0.882. The SMILES string of the molecule is CC12CCC(C1)C(C)(C)C2NCc1cn(C(C)(C)C)nn1. The minimum atomic E-state index is 0.00290. The fourth-order valence-corrected chi connectivity index (χ4v) is 4.73. The zero-order valence-electron chi connectivity index (χ0n) is 14.4. The maximum absolute atomic E-state index is 4.33. The molecule has 0 saturated heterocycles. The van der Waals surface area contributed by atoms with Gasteiger partial charge in [-0.1, -0.05) is 26.0 Å². The molecular formula is C17H30N4. The number of hydrogen-bond donors (Lipinski definition) is 1. The van der Waals surface area contributed by atoms with Crippen LogP contribution in [0, 0.1) is 16.7 Å². The van der Waals surface area contributed by atoms with Crippen molar-refractivity contribution in [1.29, 1.82) is 0 Å². The van der Waals surface area contributed by atoms with Crippen LogP contribution < -0.4 is 5.32 Å². The highest BCUT2D eigenvalue weighted by Crippen LogP contribution is 2.62. The molecule has 0 aromatic carbocycles. The summed E-state index contributed by atoms with van der Waals surface area (Å²) >= 11 is 0. The first-order valence-electron chi connectivity index (χ1n) is 8.28. The molecule has 2 aliphatic carbocycles. The molecule has 0 radical (unpaired) electrons. The third-order valence-corrected chi connectivity index (χ3v) is 5.99. The van der Waals surface area contributed by atoms with Crippen molar-refractivity contribution in [2.75, 3.05) is 0 Å². The normalized spacial score (nSPS) is 34.6. The molecule has 0 aliphatic heterocycles. The van der Waals surface area contributed by atoms with E-state index in [1.165, 1.54) is 19.3 Å². The maximum atomic E-state index is 4.33. The van der Waals surface area contributed by atoms with Crippen molar-refractivity contribution < 1.29 is 0 Å². The Bertz CT molecular complexity index is 520. The summed E-state index contributed by atoms with van der Waals surface area (Å²) in [4.78, 5) is 0. The molecule has 118 valence electrons. The zero-order chi connectivity index (χ0) is 15.5. The predicted molar refractivity (Wildman–Crippen MR) is 84.9 cm³/mol. The van der Waals surface area contributed by atoms with Gasteiger partial charge in [-0.25, -0.2) is 4.68 Å². The first-order chi connectivity index (χ1) is 9.63. The lowest BCUT2D eigenvalue weighted by Crippen LogP contribution is -2.49. The minimum Gasteiger partial charge on any atom is -0.307 e. The van der Waals surface area contributed by atoms with Gasteiger partial charge < -0.3 is 5.32 Å². The summed E-state index contributed by atoms with van der Waals surface area (Å²) in [5, 5.41) is 12.4. The highest BCUT2D eigenvalue weighted by atomic mass is 15.4. The Kier molecular flexibility index (Phi) is 3.25. The van der Waals surface area contributed by atoms with Gasteiger partial charge in [0.05, 0.1) is 17.4 Å². The van der Waals surface area contributed by atoms with Gasteiger partial charge in [0.15, 0.2) is 0 Å². The number of nitrogens with one attached hydrogen (secondary N) is 1. The van der Waals surface area contributed by atoms with Gasteiger partial charge in [0.1, 0.15) is 0 Å². The Balaban J connectivity index is 1.69. The minimum absolute atomic E-state index is 0.00290. The van der Waals surface area contributed by atoms with E-state index in [9.17, 15) is 0 Å². The van der Waals surface area contributed by atoms with Crippen LogP contribution in [0.2, 0.25) is 0 Å². The Morgan fingerprint density at radius 3 is 2.57 bits per heavy atom. The van der Waals surface area contributed by atoms with Crippen LogP contribution in [-0.2, 0) is 12.1 Å². The van der Waals surface area contributed by atoms with Gasteiger partial charge in [-0.2, -0.15) is 0 Å². The summed E-state index contributed by atoms with van der Waals surface area (Å²) in [6.07, 6.45) is 6.23. The summed E-state index contributed by atoms with van der Waals surface area (Å²) in [6, 6.07) is 0.587. The van der Waals surface area contributed by atoms with Gasteiger partial charge in [-0.15, -0.1) is 5.10 Å². The Hall–Kier alpha value is -0.900. The number of nitrogens with zero attached hydrogens (tertiary/aromatic N) is 3. The standard InChI is InChI=1S/C17H30N4/c1-15(2,3)21-11-13(19-20-21)10-18-14-16(4,5)12-7-8-17(14,6)9-12/h11-12,14,18H,7-10H2,1-6H3. The van der Waals surface area contributed by atoms with Crippen molar-refractivity contribution in [3.8, 4) is 0 Å². The summed E-state index contributed by atoms with van der Waals surface area (Å²) in [6.45, 7) is 14.6. The summed E-state index contributed by atoms with van der Waals surface area (Å²) in [7, 11) is 0. The van der Waals surface area contributed by atoms with Crippen LogP contribution in [0.3, 0.4) is 0 Å². The monoisotopic (exact) mass is 290 g/mol. The fourth-order valence-electron chi connectivity index (χ4n) is 4.73. The van der Waals surface area contributed by atoms with Crippen LogP contribution in [0.5, 0.6) is 0 Å². The van der Waals surface area contributed by atoms with E-state index in [4.69, 9.17) is 0 Å². The molecule has 4 nitrogen and oxygen atoms in total. The average Bonchev–Trinajstić information content (AvgIpc) is 2.98. The average molecular weight is 290 g/mol. The summed E-state index contributed by atoms with van der Waals surface area (Å²) in [5.74, 6) is 0.880. The van der Waals surface area contributed by atoms with Crippen molar-refractivity contribution in [1.82, 2.24) is 20.3 Å². The molecule has 1 aromatic rings. The van der Waals surface area contributed by atoms with Crippen molar-refractivity contribution in [2.45, 2.75) is 78.9 Å². The third-order valence-electron chi connectivity index (χ3n) is 5.99. The molecule has 0 spiro atoms. The lowest BCUT2D eigenvalue weighted by molar-refractivity contribution is 0.107.